The lowest BCUT2D eigenvalue weighted by Crippen LogP contribution is -2.02. The van der Waals surface area contributed by atoms with Gasteiger partial charge >= 0.3 is 0 Å². The van der Waals surface area contributed by atoms with Crippen molar-refractivity contribution < 1.29 is 24.1 Å². The van der Waals surface area contributed by atoms with Crippen LogP contribution in [0.3, 0.4) is 0 Å². The first kappa shape index (κ1) is 28.5. The number of benzene rings is 5. The van der Waals surface area contributed by atoms with Gasteiger partial charge in [-0.2, -0.15) is 0 Å². The molecule has 1 N–H and O–H groups in total. The highest BCUT2D eigenvalue weighted by atomic mass is 16.5. The highest BCUT2D eigenvalue weighted by Gasteiger charge is 2.14. The molecule has 0 heterocycles. The molecule has 0 saturated heterocycles. The number of rotatable bonds is 13. The Hall–Kier alpha value is -5.00. The fourth-order valence-electron chi connectivity index (χ4n) is 4.39. The lowest BCUT2D eigenvalue weighted by Gasteiger charge is -2.16. The maximum absolute atomic E-state index is 11.2. The van der Waals surface area contributed by atoms with Crippen LogP contribution in [-0.2, 0) is 19.8 Å². The zero-order valence-corrected chi connectivity index (χ0v) is 23.6. The summed E-state index contributed by atoms with van der Waals surface area (Å²) in [6.07, 6.45) is 2.67. The first-order valence-corrected chi connectivity index (χ1v) is 13.9. The van der Waals surface area contributed by atoms with Crippen molar-refractivity contribution in [1.29, 1.82) is 0 Å². The Morgan fingerprint density at radius 3 is 1.64 bits per heavy atom. The van der Waals surface area contributed by atoms with Gasteiger partial charge in [-0.25, -0.2) is 0 Å². The minimum absolute atomic E-state index is 0.374. The van der Waals surface area contributed by atoms with Crippen molar-refractivity contribution in [2.45, 2.75) is 25.9 Å². The van der Waals surface area contributed by atoms with E-state index >= 15 is 0 Å². The first-order valence-electron chi connectivity index (χ1n) is 13.9. The standard InChI is InChI=1S/C37H34O5/c1-39-32-20-21-34(37(23-32)42-27-30-15-9-4-10-16-30)35(38)22-18-31-17-19-33(40-25-28-11-5-2-6-12-28)24-36(31)41-26-29-13-7-3-8-14-29/h2-24,35,38H,25-27H2,1H3. The van der Waals surface area contributed by atoms with Gasteiger partial charge < -0.3 is 24.1 Å². The van der Waals surface area contributed by atoms with Gasteiger partial charge in [0.25, 0.3) is 0 Å². The Kier molecular flexibility index (Phi) is 9.90. The number of aliphatic hydroxyl groups excluding tert-OH is 1. The third-order valence-corrected chi connectivity index (χ3v) is 6.71. The highest BCUT2D eigenvalue weighted by molar-refractivity contribution is 5.60. The Balaban J connectivity index is 1.35. The van der Waals surface area contributed by atoms with Gasteiger partial charge in [0, 0.05) is 23.3 Å². The Labute approximate surface area is 247 Å². The average Bonchev–Trinajstić information content (AvgIpc) is 3.06. The second-order valence-electron chi connectivity index (χ2n) is 9.73. The molecule has 5 nitrogen and oxygen atoms in total. The van der Waals surface area contributed by atoms with Crippen LogP contribution in [0.4, 0.5) is 0 Å². The average molecular weight is 559 g/mol. The summed E-state index contributed by atoms with van der Waals surface area (Å²) in [6.45, 7) is 1.23. The molecule has 1 atom stereocenters. The minimum Gasteiger partial charge on any atom is -0.497 e. The molecule has 1 unspecified atom stereocenters. The molecule has 0 spiro atoms. The van der Waals surface area contributed by atoms with E-state index in [-0.39, 0.29) is 0 Å². The topological polar surface area (TPSA) is 57.2 Å². The van der Waals surface area contributed by atoms with Crippen molar-refractivity contribution in [3.05, 3.63) is 161 Å². The molecular weight excluding hydrogens is 524 g/mol. The zero-order valence-electron chi connectivity index (χ0n) is 23.6. The van der Waals surface area contributed by atoms with Gasteiger partial charge in [-0.05, 0) is 41.0 Å². The predicted octanol–water partition coefficient (Wildman–Crippen LogP) is 8.18. The van der Waals surface area contributed by atoms with Gasteiger partial charge in [-0.1, -0.05) is 103 Å². The predicted molar refractivity (Wildman–Crippen MR) is 166 cm³/mol. The molecule has 0 fully saturated rings. The number of hydrogen-bond donors (Lipinski definition) is 1. The molecule has 42 heavy (non-hydrogen) atoms. The maximum atomic E-state index is 11.2. The van der Waals surface area contributed by atoms with Crippen molar-refractivity contribution >= 4 is 6.08 Å². The van der Waals surface area contributed by atoms with E-state index in [1.165, 1.54) is 0 Å². The van der Waals surface area contributed by atoms with Crippen LogP contribution < -0.4 is 18.9 Å². The van der Waals surface area contributed by atoms with Crippen LogP contribution in [0, 0.1) is 0 Å². The van der Waals surface area contributed by atoms with E-state index in [4.69, 9.17) is 18.9 Å². The smallest absolute Gasteiger partial charge is 0.130 e. The number of hydrogen-bond acceptors (Lipinski definition) is 5. The molecule has 0 aliphatic heterocycles. The van der Waals surface area contributed by atoms with Crippen molar-refractivity contribution in [2.24, 2.45) is 0 Å². The summed E-state index contributed by atoms with van der Waals surface area (Å²) in [5.74, 6) is 2.57. The molecule has 5 aromatic rings. The van der Waals surface area contributed by atoms with E-state index in [1.807, 2.05) is 127 Å². The van der Waals surface area contributed by atoms with Crippen molar-refractivity contribution in [3.63, 3.8) is 0 Å². The summed E-state index contributed by atoms with van der Waals surface area (Å²) >= 11 is 0. The maximum Gasteiger partial charge on any atom is 0.130 e. The van der Waals surface area contributed by atoms with Gasteiger partial charge in [0.2, 0.25) is 0 Å². The van der Waals surface area contributed by atoms with Crippen molar-refractivity contribution in [1.82, 2.24) is 0 Å². The second kappa shape index (κ2) is 14.6. The molecule has 5 aromatic carbocycles. The fourth-order valence-corrected chi connectivity index (χ4v) is 4.39. The molecule has 212 valence electrons. The lowest BCUT2D eigenvalue weighted by molar-refractivity contribution is 0.217. The first-order chi connectivity index (χ1) is 20.7. The van der Waals surface area contributed by atoms with E-state index in [2.05, 4.69) is 0 Å². The van der Waals surface area contributed by atoms with Crippen LogP contribution in [0.15, 0.2) is 133 Å². The largest absolute Gasteiger partial charge is 0.497 e. The van der Waals surface area contributed by atoms with E-state index in [9.17, 15) is 5.11 Å². The van der Waals surface area contributed by atoms with Gasteiger partial charge in [0.1, 0.15) is 48.9 Å². The molecule has 0 saturated carbocycles. The summed E-state index contributed by atoms with van der Waals surface area (Å²) in [5, 5.41) is 11.2. The normalized spacial score (nSPS) is 11.7. The Bertz CT molecular complexity index is 1570. The second-order valence-corrected chi connectivity index (χ2v) is 9.73. The Morgan fingerprint density at radius 1 is 0.571 bits per heavy atom. The molecule has 0 bridgehead atoms. The Morgan fingerprint density at radius 2 is 1.07 bits per heavy atom. The summed E-state index contributed by atoms with van der Waals surface area (Å²) in [6, 6.07) is 41.1. The molecule has 0 aliphatic carbocycles. The molecule has 5 heteroatoms. The summed E-state index contributed by atoms with van der Waals surface area (Å²) in [5.41, 5.74) is 4.63. The highest BCUT2D eigenvalue weighted by Crippen LogP contribution is 2.33. The third kappa shape index (κ3) is 8.03. The van der Waals surface area contributed by atoms with Crippen LogP contribution in [-0.4, -0.2) is 12.2 Å². The van der Waals surface area contributed by atoms with Crippen molar-refractivity contribution in [3.8, 4) is 23.0 Å². The molecule has 0 radical (unpaired) electrons. The molecule has 0 aliphatic rings. The van der Waals surface area contributed by atoms with E-state index in [1.54, 1.807) is 19.3 Å². The quantitative estimate of drug-likeness (QED) is 0.158. The van der Waals surface area contributed by atoms with Crippen LogP contribution in [0.5, 0.6) is 23.0 Å². The van der Waals surface area contributed by atoms with E-state index in [0.29, 0.717) is 48.4 Å². The van der Waals surface area contributed by atoms with Crippen LogP contribution in [0.25, 0.3) is 6.08 Å². The van der Waals surface area contributed by atoms with Crippen molar-refractivity contribution in [2.75, 3.05) is 7.11 Å². The zero-order chi connectivity index (χ0) is 29.0. The lowest BCUT2D eigenvalue weighted by atomic mass is 10.1. The summed E-state index contributed by atoms with van der Waals surface area (Å²) < 4.78 is 23.8. The number of ether oxygens (including phenoxy) is 4. The molecule has 0 aromatic heterocycles. The number of methoxy groups -OCH3 is 1. The monoisotopic (exact) mass is 558 g/mol. The SMILES string of the molecule is COc1ccc(C(O)C=Cc2ccc(OCc3ccccc3)cc2OCc2ccccc2)c(OCc2ccccc2)c1. The summed E-state index contributed by atoms with van der Waals surface area (Å²) in [4.78, 5) is 0. The minimum atomic E-state index is -0.919. The fraction of sp³-hybridized carbons (Fsp3) is 0.135. The van der Waals surface area contributed by atoms with E-state index < -0.39 is 6.10 Å². The van der Waals surface area contributed by atoms with Gasteiger partial charge in [0.05, 0.1) is 7.11 Å². The van der Waals surface area contributed by atoms with E-state index in [0.717, 1.165) is 22.3 Å². The summed E-state index contributed by atoms with van der Waals surface area (Å²) in [7, 11) is 1.61. The van der Waals surface area contributed by atoms with Gasteiger partial charge in [-0.3, -0.25) is 0 Å². The molecular formula is C37H34O5. The van der Waals surface area contributed by atoms with Gasteiger partial charge in [0.15, 0.2) is 0 Å². The van der Waals surface area contributed by atoms with Gasteiger partial charge in [-0.15, -0.1) is 0 Å². The van der Waals surface area contributed by atoms with Crippen LogP contribution in [0.1, 0.15) is 33.9 Å². The molecule has 0 amide bonds. The third-order valence-electron chi connectivity index (χ3n) is 6.71. The van der Waals surface area contributed by atoms with Crippen LogP contribution >= 0.6 is 0 Å². The molecule has 5 rings (SSSR count). The number of aliphatic hydroxyl groups is 1. The van der Waals surface area contributed by atoms with Crippen LogP contribution in [0.2, 0.25) is 0 Å².